The number of carbonyl (C=O) groups excluding carboxylic acids is 2. The summed E-state index contributed by atoms with van der Waals surface area (Å²) in [6, 6.07) is 10.5. The van der Waals surface area contributed by atoms with Gasteiger partial charge < -0.3 is 10.6 Å². The predicted molar refractivity (Wildman–Crippen MR) is 110 cm³/mol. The maximum atomic E-state index is 12.2. The molecule has 1 fully saturated rings. The number of hydrogen-bond acceptors (Lipinski definition) is 5. The van der Waals surface area contributed by atoms with Crippen molar-refractivity contribution in [2.24, 2.45) is 11.8 Å². The summed E-state index contributed by atoms with van der Waals surface area (Å²) in [5.74, 6) is 0.601. The van der Waals surface area contributed by atoms with Gasteiger partial charge in [-0.15, -0.1) is 11.3 Å². The Morgan fingerprint density at radius 2 is 2.07 bits per heavy atom. The van der Waals surface area contributed by atoms with Crippen LogP contribution in [0.4, 0.5) is 5.13 Å². The molecule has 2 heterocycles. The van der Waals surface area contributed by atoms with Gasteiger partial charge in [0.2, 0.25) is 11.8 Å². The standard InChI is InChI=1S/C21H26N4O2S/c1-14-11-16(14)20(27)22-9-7-19(26)24-21-23-17-8-10-25(13-18(17)28-21)12-15-5-3-2-4-6-15/h2-6,14,16H,7-13H2,1H3,(H,22,27)(H,23,24,26). The molecule has 2 unspecified atom stereocenters. The van der Waals surface area contributed by atoms with E-state index < -0.39 is 0 Å². The van der Waals surface area contributed by atoms with Crippen molar-refractivity contribution in [3.63, 3.8) is 0 Å². The van der Waals surface area contributed by atoms with E-state index >= 15 is 0 Å². The number of fused-ring (bicyclic) bond motifs is 1. The van der Waals surface area contributed by atoms with Crippen molar-refractivity contribution in [1.29, 1.82) is 0 Å². The van der Waals surface area contributed by atoms with Gasteiger partial charge >= 0.3 is 0 Å². The van der Waals surface area contributed by atoms with Crippen molar-refractivity contribution < 1.29 is 9.59 Å². The summed E-state index contributed by atoms with van der Waals surface area (Å²) in [4.78, 5) is 32.2. The molecule has 28 heavy (non-hydrogen) atoms. The van der Waals surface area contributed by atoms with Crippen LogP contribution in [0.2, 0.25) is 0 Å². The molecule has 0 radical (unpaired) electrons. The van der Waals surface area contributed by atoms with E-state index in [2.05, 4.69) is 51.7 Å². The molecule has 2 aromatic rings. The van der Waals surface area contributed by atoms with E-state index in [1.807, 2.05) is 6.07 Å². The van der Waals surface area contributed by atoms with Gasteiger partial charge in [0.05, 0.1) is 5.69 Å². The van der Waals surface area contributed by atoms with Crippen LogP contribution in [-0.2, 0) is 29.1 Å². The molecule has 2 N–H and O–H groups in total. The lowest BCUT2D eigenvalue weighted by Gasteiger charge is -2.25. The summed E-state index contributed by atoms with van der Waals surface area (Å²) in [5, 5.41) is 6.40. The van der Waals surface area contributed by atoms with Gasteiger partial charge in [-0.1, -0.05) is 37.3 Å². The number of aromatic nitrogens is 1. The van der Waals surface area contributed by atoms with E-state index in [0.717, 1.165) is 38.2 Å². The van der Waals surface area contributed by atoms with Crippen molar-refractivity contribution in [1.82, 2.24) is 15.2 Å². The number of thiazole rings is 1. The number of benzene rings is 1. The summed E-state index contributed by atoms with van der Waals surface area (Å²) in [5.41, 5.74) is 2.41. The first kappa shape index (κ1) is 19.1. The fourth-order valence-electron chi connectivity index (χ4n) is 3.58. The summed E-state index contributed by atoms with van der Waals surface area (Å²) in [6.07, 6.45) is 2.14. The first-order valence-corrected chi connectivity index (χ1v) is 10.7. The van der Waals surface area contributed by atoms with Crippen molar-refractivity contribution in [3.05, 3.63) is 46.5 Å². The topological polar surface area (TPSA) is 74.3 Å². The van der Waals surface area contributed by atoms with Gasteiger partial charge in [0.25, 0.3) is 0 Å². The normalized spacial score (nSPS) is 21.0. The molecule has 2 atom stereocenters. The van der Waals surface area contributed by atoms with Crippen LogP contribution in [0.1, 0.15) is 35.9 Å². The molecule has 1 aliphatic carbocycles. The molecular weight excluding hydrogens is 372 g/mol. The van der Waals surface area contributed by atoms with Gasteiger partial charge in [-0.05, 0) is 17.9 Å². The van der Waals surface area contributed by atoms with Crippen molar-refractivity contribution in [2.45, 2.75) is 39.3 Å². The molecule has 2 amide bonds. The minimum atomic E-state index is -0.101. The van der Waals surface area contributed by atoms with E-state index in [9.17, 15) is 9.59 Å². The van der Waals surface area contributed by atoms with Crippen molar-refractivity contribution >= 4 is 28.3 Å². The van der Waals surface area contributed by atoms with Gasteiger partial charge in [-0.25, -0.2) is 4.98 Å². The van der Waals surface area contributed by atoms with E-state index in [1.165, 1.54) is 10.4 Å². The molecule has 1 aromatic carbocycles. The summed E-state index contributed by atoms with van der Waals surface area (Å²) < 4.78 is 0. The molecule has 7 heteroatoms. The second kappa shape index (κ2) is 8.41. The zero-order valence-electron chi connectivity index (χ0n) is 16.1. The van der Waals surface area contributed by atoms with Crippen molar-refractivity contribution in [3.8, 4) is 0 Å². The lowest BCUT2D eigenvalue weighted by molar-refractivity contribution is -0.122. The monoisotopic (exact) mass is 398 g/mol. The van der Waals surface area contributed by atoms with Crippen LogP contribution in [0.3, 0.4) is 0 Å². The first-order chi connectivity index (χ1) is 13.6. The molecular formula is C21H26N4O2S. The first-order valence-electron chi connectivity index (χ1n) is 9.91. The lowest BCUT2D eigenvalue weighted by Crippen LogP contribution is -2.29. The number of nitrogens with zero attached hydrogens (tertiary/aromatic N) is 2. The Labute approximate surface area is 169 Å². The maximum absolute atomic E-state index is 12.2. The molecule has 6 nitrogen and oxygen atoms in total. The Kier molecular flexibility index (Phi) is 5.73. The van der Waals surface area contributed by atoms with Crippen LogP contribution >= 0.6 is 11.3 Å². The molecule has 1 aromatic heterocycles. The van der Waals surface area contributed by atoms with E-state index in [0.29, 0.717) is 17.6 Å². The van der Waals surface area contributed by atoms with Gasteiger partial charge in [0.1, 0.15) is 0 Å². The average molecular weight is 399 g/mol. The Bertz CT molecular complexity index is 851. The van der Waals surface area contributed by atoms with Gasteiger partial charge in [-0.3, -0.25) is 14.5 Å². The van der Waals surface area contributed by atoms with Crippen LogP contribution in [0.25, 0.3) is 0 Å². The number of anilines is 1. The van der Waals surface area contributed by atoms with Gasteiger partial charge in [0.15, 0.2) is 5.13 Å². The molecule has 2 aliphatic rings. The lowest BCUT2D eigenvalue weighted by atomic mass is 10.1. The number of hydrogen-bond donors (Lipinski definition) is 2. The Morgan fingerprint density at radius 1 is 1.29 bits per heavy atom. The largest absolute Gasteiger partial charge is 0.355 e. The fourth-order valence-corrected chi connectivity index (χ4v) is 4.64. The Hall–Kier alpha value is -2.25. The third kappa shape index (κ3) is 4.77. The highest BCUT2D eigenvalue weighted by molar-refractivity contribution is 7.15. The average Bonchev–Trinajstić information content (AvgIpc) is 3.28. The van der Waals surface area contributed by atoms with Gasteiger partial charge in [0, 0.05) is 49.8 Å². The zero-order valence-corrected chi connectivity index (χ0v) is 16.9. The maximum Gasteiger partial charge on any atom is 0.227 e. The highest BCUT2D eigenvalue weighted by Crippen LogP contribution is 2.37. The third-order valence-electron chi connectivity index (χ3n) is 5.40. The predicted octanol–water partition coefficient (Wildman–Crippen LogP) is 2.80. The van der Waals surface area contributed by atoms with Crippen molar-refractivity contribution in [2.75, 3.05) is 18.4 Å². The Morgan fingerprint density at radius 3 is 2.82 bits per heavy atom. The van der Waals surface area contributed by atoms with Gasteiger partial charge in [-0.2, -0.15) is 0 Å². The number of nitrogens with one attached hydrogen (secondary N) is 2. The molecule has 148 valence electrons. The van der Waals surface area contributed by atoms with E-state index in [-0.39, 0.29) is 24.2 Å². The zero-order chi connectivity index (χ0) is 19.5. The van der Waals surface area contributed by atoms with Crippen LogP contribution in [0.15, 0.2) is 30.3 Å². The second-order valence-electron chi connectivity index (χ2n) is 7.74. The minimum Gasteiger partial charge on any atom is -0.355 e. The minimum absolute atomic E-state index is 0.0727. The molecule has 0 bridgehead atoms. The van der Waals surface area contributed by atoms with Crippen LogP contribution in [-0.4, -0.2) is 34.8 Å². The summed E-state index contributed by atoms with van der Waals surface area (Å²) in [7, 11) is 0. The molecule has 1 aliphatic heterocycles. The number of amides is 2. The highest BCUT2D eigenvalue weighted by Gasteiger charge is 2.38. The summed E-state index contributed by atoms with van der Waals surface area (Å²) >= 11 is 1.56. The highest BCUT2D eigenvalue weighted by atomic mass is 32.1. The molecule has 1 saturated carbocycles. The molecule has 0 spiro atoms. The van der Waals surface area contributed by atoms with Crippen LogP contribution in [0, 0.1) is 11.8 Å². The SMILES string of the molecule is CC1CC1C(=O)NCCC(=O)Nc1nc2c(s1)CN(Cc1ccccc1)CC2. The molecule has 4 rings (SSSR count). The number of rotatable bonds is 7. The van der Waals surface area contributed by atoms with Crippen LogP contribution in [0.5, 0.6) is 0 Å². The smallest absolute Gasteiger partial charge is 0.227 e. The third-order valence-corrected chi connectivity index (χ3v) is 6.40. The quantitative estimate of drug-likeness (QED) is 0.752. The number of carbonyl (C=O) groups is 2. The van der Waals surface area contributed by atoms with Crippen LogP contribution < -0.4 is 10.6 Å². The molecule has 0 saturated heterocycles. The van der Waals surface area contributed by atoms with E-state index in [4.69, 9.17) is 0 Å². The fraction of sp³-hybridized carbons (Fsp3) is 0.476. The second-order valence-corrected chi connectivity index (χ2v) is 8.83. The summed E-state index contributed by atoms with van der Waals surface area (Å²) in [6.45, 7) is 5.23. The Balaban J connectivity index is 1.24. The van der Waals surface area contributed by atoms with E-state index in [1.54, 1.807) is 11.3 Å².